The minimum atomic E-state index is -0.781. The Morgan fingerprint density at radius 2 is 1.79 bits per heavy atom. The summed E-state index contributed by atoms with van der Waals surface area (Å²) in [5.74, 6) is -1.15. The third-order valence-electron chi connectivity index (χ3n) is 2.17. The van der Waals surface area contributed by atoms with E-state index in [0.29, 0.717) is 6.42 Å². The predicted molar refractivity (Wildman–Crippen MR) is 52.9 cm³/mol. The lowest BCUT2D eigenvalue weighted by molar-refractivity contribution is -0.141. The van der Waals surface area contributed by atoms with Crippen LogP contribution in [0.3, 0.4) is 0 Å². The van der Waals surface area contributed by atoms with Crippen LogP contribution < -0.4 is 0 Å². The average molecular weight is 194 g/mol. The van der Waals surface area contributed by atoms with Crippen molar-refractivity contribution < 1.29 is 15.0 Å². The Morgan fingerprint density at radius 3 is 2.21 bits per heavy atom. The molecular formula is C11H14O3. The molecule has 1 aromatic rings. The Morgan fingerprint density at radius 1 is 1.29 bits per heavy atom. The number of aliphatic hydroxyl groups excluding tert-OH is 1. The van der Waals surface area contributed by atoms with E-state index >= 15 is 0 Å². The molecule has 0 heterocycles. The van der Waals surface area contributed by atoms with Gasteiger partial charge >= 0.3 is 5.97 Å². The second-order valence-electron chi connectivity index (χ2n) is 3.42. The predicted octanol–water partition coefficient (Wildman–Crippen LogP) is 1.44. The fourth-order valence-corrected chi connectivity index (χ4v) is 1.22. The van der Waals surface area contributed by atoms with E-state index in [0.717, 1.165) is 11.1 Å². The van der Waals surface area contributed by atoms with Crippen LogP contribution >= 0.6 is 0 Å². The fourth-order valence-electron chi connectivity index (χ4n) is 1.22. The van der Waals surface area contributed by atoms with Crippen LogP contribution in [-0.2, 0) is 17.8 Å². The molecule has 0 aromatic heterocycles. The van der Waals surface area contributed by atoms with Gasteiger partial charge in [-0.25, -0.2) is 0 Å². The Balaban J connectivity index is 2.64. The van der Waals surface area contributed by atoms with Gasteiger partial charge in [-0.2, -0.15) is 0 Å². The Kier molecular flexibility index (Phi) is 3.65. The highest BCUT2D eigenvalue weighted by Crippen LogP contribution is 2.10. The van der Waals surface area contributed by atoms with Crippen molar-refractivity contribution in [1.29, 1.82) is 0 Å². The van der Waals surface area contributed by atoms with E-state index in [-0.39, 0.29) is 12.5 Å². The SMILES string of the molecule is CC(Cc1ccc(CO)cc1)C(=O)O. The number of rotatable bonds is 4. The highest BCUT2D eigenvalue weighted by Gasteiger charge is 2.10. The molecule has 0 aliphatic rings. The lowest BCUT2D eigenvalue weighted by Crippen LogP contribution is -2.12. The molecular weight excluding hydrogens is 180 g/mol. The summed E-state index contributed by atoms with van der Waals surface area (Å²) in [7, 11) is 0. The van der Waals surface area contributed by atoms with Gasteiger partial charge in [0, 0.05) is 0 Å². The molecule has 0 fully saturated rings. The van der Waals surface area contributed by atoms with Gasteiger partial charge in [0.1, 0.15) is 0 Å². The Labute approximate surface area is 83.0 Å². The molecule has 3 nitrogen and oxygen atoms in total. The third kappa shape index (κ3) is 2.85. The Hall–Kier alpha value is -1.35. The standard InChI is InChI=1S/C11H14O3/c1-8(11(13)14)6-9-2-4-10(7-12)5-3-9/h2-5,8,12H,6-7H2,1H3,(H,13,14). The maximum absolute atomic E-state index is 10.6. The van der Waals surface area contributed by atoms with Crippen molar-refractivity contribution in [2.24, 2.45) is 5.92 Å². The molecule has 1 rings (SSSR count). The molecule has 0 saturated heterocycles. The zero-order chi connectivity index (χ0) is 10.6. The van der Waals surface area contributed by atoms with Gasteiger partial charge in [-0.15, -0.1) is 0 Å². The maximum Gasteiger partial charge on any atom is 0.306 e. The summed E-state index contributed by atoms with van der Waals surface area (Å²) in [6, 6.07) is 7.32. The average Bonchev–Trinajstić information content (AvgIpc) is 2.19. The minimum absolute atomic E-state index is 0.0226. The summed E-state index contributed by atoms with van der Waals surface area (Å²) in [4.78, 5) is 10.6. The van der Waals surface area contributed by atoms with Crippen molar-refractivity contribution in [3.63, 3.8) is 0 Å². The number of benzene rings is 1. The zero-order valence-electron chi connectivity index (χ0n) is 8.10. The second kappa shape index (κ2) is 4.77. The number of hydrogen-bond acceptors (Lipinski definition) is 2. The molecule has 0 radical (unpaired) electrons. The lowest BCUT2D eigenvalue weighted by Gasteiger charge is -2.06. The van der Waals surface area contributed by atoms with Crippen LogP contribution in [0.4, 0.5) is 0 Å². The van der Waals surface area contributed by atoms with E-state index in [4.69, 9.17) is 10.2 Å². The lowest BCUT2D eigenvalue weighted by atomic mass is 10.0. The zero-order valence-corrected chi connectivity index (χ0v) is 8.10. The van der Waals surface area contributed by atoms with E-state index in [1.165, 1.54) is 0 Å². The van der Waals surface area contributed by atoms with Crippen molar-refractivity contribution in [3.05, 3.63) is 35.4 Å². The van der Waals surface area contributed by atoms with Gasteiger partial charge in [0.25, 0.3) is 0 Å². The molecule has 0 bridgehead atoms. The van der Waals surface area contributed by atoms with E-state index in [1.54, 1.807) is 6.92 Å². The summed E-state index contributed by atoms with van der Waals surface area (Å²) in [5.41, 5.74) is 1.83. The third-order valence-corrected chi connectivity index (χ3v) is 2.17. The summed E-state index contributed by atoms with van der Waals surface area (Å²) in [5, 5.41) is 17.5. The van der Waals surface area contributed by atoms with Crippen LogP contribution in [0.1, 0.15) is 18.1 Å². The number of carboxylic acids is 1. The number of hydrogen-bond donors (Lipinski definition) is 2. The molecule has 0 aliphatic heterocycles. The summed E-state index contributed by atoms with van der Waals surface area (Å²) in [6.45, 7) is 1.71. The van der Waals surface area contributed by atoms with Gasteiger partial charge in [0.15, 0.2) is 0 Å². The van der Waals surface area contributed by atoms with Crippen LogP contribution in [0.2, 0.25) is 0 Å². The van der Waals surface area contributed by atoms with Crippen LogP contribution in [0.15, 0.2) is 24.3 Å². The van der Waals surface area contributed by atoms with E-state index < -0.39 is 5.97 Å². The van der Waals surface area contributed by atoms with Gasteiger partial charge in [-0.05, 0) is 17.5 Å². The maximum atomic E-state index is 10.6. The molecule has 0 saturated carbocycles. The second-order valence-corrected chi connectivity index (χ2v) is 3.42. The molecule has 14 heavy (non-hydrogen) atoms. The normalized spacial score (nSPS) is 12.4. The molecule has 0 spiro atoms. The fraction of sp³-hybridized carbons (Fsp3) is 0.364. The first-order chi connectivity index (χ1) is 6.63. The van der Waals surface area contributed by atoms with Gasteiger partial charge in [0.2, 0.25) is 0 Å². The van der Waals surface area contributed by atoms with Crippen molar-refractivity contribution in [3.8, 4) is 0 Å². The van der Waals surface area contributed by atoms with Crippen molar-refractivity contribution in [2.75, 3.05) is 0 Å². The number of aliphatic carboxylic acids is 1. The highest BCUT2D eigenvalue weighted by molar-refractivity contribution is 5.69. The van der Waals surface area contributed by atoms with Crippen LogP contribution in [0, 0.1) is 5.92 Å². The molecule has 76 valence electrons. The van der Waals surface area contributed by atoms with Crippen LogP contribution in [0.25, 0.3) is 0 Å². The van der Waals surface area contributed by atoms with Crippen LogP contribution in [-0.4, -0.2) is 16.2 Å². The first-order valence-corrected chi connectivity index (χ1v) is 4.55. The summed E-state index contributed by atoms with van der Waals surface area (Å²) in [6.07, 6.45) is 0.529. The number of aliphatic hydroxyl groups is 1. The molecule has 1 unspecified atom stereocenters. The molecule has 3 heteroatoms. The first-order valence-electron chi connectivity index (χ1n) is 4.55. The van der Waals surface area contributed by atoms with Crippen molar-refractivity contribution >= 4 is 5.97 Å². The van der Waals surface area contributed by atoms with Gasteiger partial charge in [-0.3, -0.25) is 4.79 Å². The molecule has 1 aromatic carbocycles. The van der Waals surface area contributed by atoms with E-state index in [1.807, 2.05) is 24.3 Å². The van der Waals surface area contributed by atoms with E-state index in [2.05, 4.69) is 0 Å². The van der Waals surface area contributed by atoms with Gasteiger partial charge < -0.3 is 10.2 Å². The topological polar surface area (TPSA) is 57.5 Å². The summed E-state index contributed by atoms with van der Waals surface area (Å²) >= 11 is 0. The monoisotopic (exact) mass is 194 g/mol. The smallest absolute Gasteiger partial charge is 0.306 e. The van der Waals surface area contributed by atoms with Crippen LogP contribution in [0.5, 0.6) is 0 Å². The number of carboxylic acid groups (broad SMARTS) is 1. The summed E-state index contributed by atoms with van der Waals surface area (Å²) < 4.78 is 0. The largest absolute Gasteiger partial charge is 0.481 e. The van der Waals surface area contributed by atoms with Gasteiger partial charge in [-0.1, -0.05) is 31.2 Å². The quantitative estimate of drug-likeness (QED) is 0.762. The Bertz CT molecular complexity index is 303. The minimum Gasteiger partial charge on any atom is -0.481 e. The van der Waals surface area contributed by atoms with Crippen molar-refractivity contribution in [2.45, 2.75) is 20.0 Å². The molecule has 2 N–H and O–H groups in total. The first kappa shape index (κ1) is 10.7. The highest BCUT2D eigenvalue weighted by atomic mass is 16.4. The molecule has 0 amide bonds. The van der Waals surface area contributed by atoms with E-state index in [9.17, 15) is 4.79 Å². The van der Waals surface area contributed by atoms with Crippen molar-refractivity contribution in [1.82, 2.24) is 0 Å². The van der Waals surface area contributed by atoms with Gasteiger partial charge in [0.05, 0.1) is 12.5 Å². The molecule has 1 atom stereocenters. The molecule has 0 aliphatic carbocycles. The number of carbonyl (C=O) groups is 1.